The Morgan fingerprint density at radius 2 is 1.55 bits per heavy atom. The summed E-state index contributed by atoms with van der Waals surface area (Å²) in [6.07, 6.45) is 8.41. The summed E-state index contributed by atoms with van der Waals surface area (Å²) in [7, 11) is 0. The summed E-state index contributed by atoms with van der Waals surface area (Å²) in [5, 5.41) is 5.69. The molecule has 10 nitrogen and oxygen atoms in total. The molecule has 0 aromatic carbocycles. The molecule has 0 spiro atoms. The number of nitrogens with two attached hydrogens (primary N) is 1. The minimum absolute atomic E-state index is 0.0472. The SMILES string of the molecule is CC(C)(C)OC(=O)NC(C(=O)N1CC2C(C1C(=O)NC(CC1CCCC1)C(=O)C(N)=O)C2(C)C)C1CCCCC1. The molecule has 0 aromatic rings. The number of ketones is 1. The fourth-order valence-electron chi connectivity index (χ4n) is 7.51. The minimum atomic E-state index is -1.06. The van der Waals surface area contributed by atoms with E-state index >= 15 is 0 Å². The van der Waals surface area contributed by atoms with Gasteiger partial charge in [0, 0.05) is 6.54 Å². The molecule has 0 radical (unpaired) electrons. The van der Waals surface area contributed by atoms with Crippen LogP contribution in [0.3, 0.4) is 0 Å². The van der Waals surface area contributed by atoms with Gasteiger partial charge in [-0.25, -0.2) is 4.79 Å². The third kappa shape index (κ3) is 6.62. The Morgan fingerprint density at radius 3 is 2.12 bits per heavy atom. The molecule has 3 saturated carbocycles. The average molecular weight is 561 g/mol. The summed E-state index contributed by atoms with van der Waals surface area (Å²) in [6.45, 7) is 9.91. The highest BCUT2D eigenvalue weighted by atomic mass is 16.6. The first-order chi connectivity index (χ1) is 18.7. The van der Waals surface area contributed by atoms with Crippen LogP contribution in [0.1, 0.15) is 98.8 Å². The number of likely N-dealkylation sites (tertiary alicyclic amines) is 1. The third-order valence-electron chi connectivity index (χ3n) is 9.74. The number of hydrogen-bond donors (Lipinski definition) is 3. The number of piperidine rings is 1. The van der Waals surface area contributed by atoms with Gasteiger partial charge in [0.25, 0.3) is 5.91 Å². The quantitative estimate of drug-likeness (QED) is 0.369. The monoisotopic (exact) mass is 560 g/mol. The number of amides is 4. The Kier molecular flexibility index (Phi) is 8.85. The third-order valence-corrected chi connectivity index (χ3v) is 9.74. The summed E-state index contributed by atoms with van der Waals surface area (Å²) in [5.41, 5.74) is 4.50. The van der Waals surface area contributed by atoms with Crippen molar-refractivity contribution in [2.45, 2.75) is 123 Å². The van der Waals surface area contributed by atoms with E-state index in [0.717, 1.165) is 57.8 Å². The van der Waals surface area contributed by atoms with Gasteiger partial charge in [0.15, 0.2) is 0 Å². The summed E-state index contributed by atoms with van der Waals surface area (Å²) in [4.78, 5) is 67.0. The van der Waals surface area contributed by atoms with E-state index in [-0.39, 0.29) is 35.0 Å². The van der Waals surface area contributed by atoms with Crippen molar-refractivity contribution in [2.24, 2.45) is 34.8 Å². The topological polar surface area (TPSA) is 148 Å². The molecule has 4 N–H and O–H groups in total. The van der Waals surface area contributed by atoms with E-state index in [1.165, 1.54) is 0 Å². The molecule has 1 aliphatic heterocycles. The van der Waals surface area contributed by atoms with Gasteiger partial charge in [0.05, 0.1) is 6.04 Å². The average Bonchev–Trinajstić information content (AvgIpc) is 3.31. The molecule has 224 valence electrons. The maximum absolute atomic E-state index is 14.2. The van der Waals surface area contributed by atoms with Crippen LogP contribution in [0, 0.1) is 29.1 Å². The summed E-state index contributed by atoms with van der Waals surface area (Å²) < 4.78 is 5.49. The number of carbonyl (C=O) groups is 5. The Bertz CT molecular complexity index is 1010. The first-order valence-corrected chi connectivity index (χ1v) is 15.1. The van der Waals surface area contributed by atoms with E-state index in [2.05, 4.69) is 24.5 Å². The van der Waals surface area contributed by atoms with Crippen molar-refractivity contribution >= 4 is 29.6 Å². The molecule has 4 fully saturated rings. The van der Waals surface area contributed by atoms with Crippen molar-refractivity contribution in [3.05, 3.63) is 0 Å². The molecule has 1 saturated heterocycles. The second-order valence-electron chi connectivity index (χ2n) is 14.1. The largest absolute Gasteiger partial charge is 0.444 e. The zero-order valence-electron chi connectivity index (χ0n) is 24.8. The van der Waals surface area contributed by atoms with Crippen molar-refractivity contribution in [3.63, 3.8) is 0 Å². The number of fused-ring (bicyclic) bond motifs is 1. The van der Waals surface area contributed by atoms with Crippen LogP contribution < -0.4 is 16.4 Å². The fourth-order valence-corrected chi connectivity index (χ4v) is 7.51. The van der Waals surface area contributed by atoms with Crippen LogP contribution in [0.4, 0.5) is 4.79 Å². The molecule has 0 bridgehead atoms. The molecule has 5 atom stereocenters. The van der Waals surface area contributed by atoms with Gasteiger partial charge >= 0.3 is 6.09 Å². The number of Topliss-reactive ketones (excluding diaryl/α,β-unsaturated/α-hetero) is 1. The maximum atomic E-state index is 14.2. The maximum Gasteiger partial charge on any atom is 0.408 e. The van der Waals surface area contributed by atoms with Gasteiger partial charge in [-0.3, -0.25) is 19.2 Å². The van der Waals surface area contributed by atoms with Gasteiger partial charge in [-0.15, -0.1) is 0 Å². The molecule has 10 heteroatoms. The van der Waals surface area contributed by atoms with Crippen molar-refractivity contribution in [3.8, 4) is 0 Å². The predicted molar refractivity (Wildman–Crippen MR) is 149 cm³/mol. The molecular weight excluding hydrogens is 512 g/mol. The number of hydrogen-bond acceptors (Lipinski definition) is 6. The lowest BCUT2D eigenvalue weighted by atomic mass is 9.83. The first kappa shape index (κ1) is 30.3. The lowest BCUT2D eigenvalue weighted by molar-refractivity contribution is -0.144. The predicted octanol–water partition coefficient (Wildman–Crippen LogP) is 3.06. The molecule has 4 amide bonds. The van der Waals surface area contributed by atoms with Crippen LogP contribution in [0.15, 0.2) is 0 Å². The highest BCUT2D eigenvalue weighted by molar-refractivity contribution is 6.37. The second-order valence-corrected chi connectivity index (χ2v) is 14.1. The normalized spacial score (nSPS) is 27.8. The van der Waals surface area contributed by atoms with Gasteiger partial charge in [0.2, 0.25) is 17.6 Å². The molecule has 1 heterocycles. The Labute approximate surface area is 237 Å². The molecule has 5 unspecified atom stereocenters. The van der Waals surface area contributed by atoms with Crippen LogP contribution in [-0.4, -0.2) is 64.8 Å². The van der Waals surface area contributed by atoms with E-state index in [4.69, 9.17) is 10.5 Å². The second kappa shape index (κ2) is 11.7. The minimum Gasteiger partial charge on any atom is -0.444 e. The fraction of sp³-hybridized carbons (Fsp3) is 0.833. The van der Waals surface area contributed by atoms with E-state index < -0.39 is 47.4 Å². The van der Waals surface area contributed by atoms with Crippen LogP contribution in [0.25, 0.3) is 0 Å². The van der Waals surface area contributed by atoms with Crippen molar-refractivity contribution in [1.29, 1.82) is 0 Å². The van der Waals surface area contributed by atoms with E-state index in [9.17, 15) is 24.0 Å². The Hall–Kier alpha value is -2.65. The standard InChI is InChI=1S/C30H48N4O6/c1-29(2,3)40-28(39)33-22(18-13-7-6-8-14-18)27(38)34-16-19-21(30(19,4)5)23(34)26(37)32-20(24(35)25(31)36)15-17-11-9-10-12-17/h17-23H,6-16H2,1-5H3,(H2,31,36)(H,32,37)(H,33,39). The molecule has 4 aliphatic rings. The smallest absolute Gasteiger partial charge is 0.408 e. The van der Waals surface area contributed by atoms with Crippen LogP contribution in [0.5, 0.6) is 0 Å². The molecule has 0 aromatic heterocycles. The van der Waals surface area contributed by atoms with Crippen LogP contribution >= 0.6 is 0 Å². The van der Waals surface area contributed by atoms with E-state index in [1.54, 1.807) is 25.7 Å². The van der Waals surface area contributed by atoms with Crippen LogP contribution in [0.2, 0.25) is 0 Å². The summed E-state index contributed by atoms with van der Waals surface area (Å²) in [5.74, 6) is -2.30. The number of ether oxygens (including phenoxy) is 1. The number of primary amides is 1. The first-order valence-electron chi connectivity index (χ1n) is 15.1. The van der Waals surface area contributed by atoms with Gasteiger partial charge in [-0.1, -0.05) is 58.8 Å². The van der Waals surface area contributed by atoms with Gasteiger partial charge in [0.1, 0.15) is 17.7 Å². The summed E-state index contributed by atoms with van der Waals surface area (Å²) in [6, 6.07) is -2.58. The molecule has 3 aliphatic carbocycles. The Morgan fingerprint density at radius 1 is 0.950 bits per heavy atom. The van der Waals surface area contributed by atoms with Gasteiger partial charge < -0.3 is 26.0 Å². The van der Waals surface area contributed by atoms with E-state index in [0.29, 0.717) is 13.0 Å². The number of carbonyl (C=O) groups excluding carboxylic acids is 5. The number of alkyl carbamates (subject to hydrolysis) is 1. The van der Waals surface area contributed by atoms with Crippen molar-refractivity contribution in [2.75, 3.05) is 6.54 Å². The molecular formula is C30H48N4O6. The highest BCUT2D eigenvalue weighted by Gasteiger charge is 2.69. The number of nitrogens with zero attached hydrogens (tertiary/aromatic N) is 1. The van der Waals surface area contributed by atoms with Crippen LogP contribution in [-0.2, 0) is 23.9 Å². The molecule has 40 heavy (non-hydrogen) atoms. The zero-order valence-corrected chi connectivity index (χ0v) is 24.8. The zero-order chi connectivity index (χ0) is 29.4. The van der Waals surface area contributed by atoms with Crippen molar-refractivity contribution in [1.82, 2.24) is 15.5 Å². The highest BCUT2D eigenvalue weighted by Crippen LogP contribution is 2.65. The number of nitrogens with one attached hydrogen (secondary N) is 2. The van der Waals surface area contributed by atoms with Gasteiger partial charge in [-0.2, -0.15) is 0 Å². The lowest BCUT2D eigenvalue weighted by Gasteiger charge is -2.37. The van der Waals surface area contributed by atoms with Gasteiger partial charge in [-0.05, 0) is 69.1 Å². The number of rotatable bonds is 9. The van der Waals surface area contributed by atoms with Crippen molar-refractivity contribution < 1.29 is 28.7 Å². The molecule has 4 rings (SSSR count). The lowest BCUT2D eigenvalue weighted by Crippen LogP contribution is -2.60. The Balaban J connectivity index is 1.56. The summed E-state index contributed by atoms with van der Waals surface area (Å²) >= 11 is 0. The van der Waals surface area contributed by atoms with E-state index in [1.807, 2.05) is 0 Å².